The van der Waals surface area contributed by atoms with Crippen molar-refractivity contribution in [2.75, 3.05) is 17.3 Å². The average Bonchev–Trinajstić information content (AvgIpc) is 2.39. The van der Waals surface area contributed by atoms with Crippen molar-refractivity contribution in [3.8, 4) is 0 Å². The van der Waals surface area contributed by atoms with Crippen LogP contribution in [0.4, 0.5) is 11.6 Å². The monoisotopic (exact) mass is 303 g/mol. The summed E-state index contributed by atoms with van der Waals surface area (Å²) in [6.45, 7) is 7.09. The first-order valence-electron chi connectivity index (χ1n) is 7.05. The van der Waals surface area contributed by atoms with Gasteiger partial charge in [0.1, 0.15) is 11.6 Å². The van der Waals surface area contributed by atoms with Gasteiger partial charge in [-0.05, 0) is 44.5 Å². The van der Waals surface area contributed by atoms with E-state index >= 15 is 0 Å². The van der Waals surface area contributed by atoms with E-state index in [1.165, 1.54) is 0 Å². The van der Waals surface area contributed by atoms with Gasteiger partial charge in [0, 0.05) is 24.2 Å². The third kappa shape index (κ3) is 4.64. The van der Waals surface area contributed by atoms with E-state index in [4.69, 9.17) is 11.6 Å². The number of nitrogens with one attached hydrogen (secondary N) is 1. The van der Waals surface area contributed by atoms with E-state index in [1.54, 1.807) is 0 Å². The van der Waals surface area contributed by atoms with Crippen molar-refractivity contribution in [3.63, 3.8) is 0 Å². The second kappa shape index (κ2) is 6.35. The smallest absolute Gasteiger partial charge is 0.130 e. The number of pyridine rings is 1. The van der Waals surface area contributed by atoms with Crippen LogP contribution in [-0.4, -0.2) is 17.6 Å². The van der Waals surface area contributed by atoms with Gasteiger partial charge < -0.3 is 10.2 Å². The maximum atomic E-state index is 6.21. The van der Waals surface area contributed by atoms with Crippen LogP contribution in [0.5, 0.6) is 0 Å². The van der Waals surface area contributed by atoms with Crippen LogP contribution in [0, 0.1) is 0 Å². The normalized spacial score (nSPS) is 11.3. The van der Waals surface area contributed by atoms with Crippen LogP contribution in [0.3, 0.4) is 0 Å². The number of halogens is 1. The summed E-state index contributed by atoms with van der Waals surface area (Å²) in [6, 6.07) is 13.9. The Labute approximate surface area is 132 Å². The highest BCUT2D eigenvalue weighted by Gasteiger charge is 2.11. The van der Waals surface area contributed by atoms with Gasteiger partial charge in [-0.15, -0.1) is 0 Å². The fourth-order valence-electron chi connectivity index (χ4n) is 2.05. The van der Waals surface area contributed by atoms with Gasteiger partial charge in [0.15, 0.2) is 0 Å². The van der Waals surface area contributed by atoms with Gasteiger partial charge in [-0.2, -0.15) is 0 Å². The molecule has 2 aromatic rings. The Morgan fingerprint density at radius 3 is 2.48 bits per heavy atom. The Morgan fingerprint density at radius 2 is 1.81 bits per heavy atom. The summed E-state index contributed by atoms with van der Waals surface area (Å²) in [5.74, 6) is 1.80. The molecule has 112 valence electrons. The first-order chi connectivity index (χ1) is 9.85. The molecule has 0 saturated heterocycles. The predicted octanol–water partition coefficient (Wildman–Crippen LogP) is 4.58. The standard InChI is InChI=1S/C17H22ClN3/c1-17(2,3)20-15-10-7-11-16(19-15)21(4)12-13-8-5-6-9-14(13)18/h5-11H,12H2,1-4H3,(H,19,20). The first-order valence-corrected chi connectivity index (χ1v) is 7.43. The minimum Gasteiger partial charge on any atom is -0.365 e. The molecule has 0 fully saturated rings. The number of anilines is 2. The Bertz CT molecular complexity index is 605. The van der Waals surface area contributed by atoms with E-state index in [1.807, 2.05) is 49.5 Å². The fraction of sp³-hybridized carbons (Fsp3) is 0.353. The maximum Gasteiger partial charge on any atom is 0.130 e. The van der Waals surface area contributed by atoms with E-state index in [9.17, 15) is 0 Å². The van der Waals surface area contributed by atoms with Crippen LogP contribution in [0.15, 0.2) is 42.5 Å². The van der Waals surface area contributed by atoms with Crippen LogP contribution in [0.2, 0.25) is 5.02 Å². The van der Waals surface area contributed by atoms with Gasteiger partial charge in [0.2, 0.25) is 0 Å². The van der Waals surface area contributed by atoms with Crippen molar-refractivity contribution in [1.29, 1.82) is 0 Å². The topological polar surface area (TPSA) is 28.2 Å². The molecule has 2 rings (SSSR count). The van der Waals surface area contributed by atoms with E-state index in [0.29, 0.717) is 0 Å². The third-order valence-electron chi connectivity index (χ3n) is 2.99. The lowest BCUT2D eigenvalue weighted by Gasteiger charge is -2.24. The van der Waals surface area contributed by atoms with Gasteiger partial charge in [-0.25, -0.2) is 4.98 Å². The Hall–Kier alpha value is -1.74. The molecule has 0 aliphatic rings. The van der Waals surface area contributed by atoms with Gasteiger partial charge >= 0.3 is 0 Å². The molecule has 3 nitrogen and oxygen atoms in total. The molecule has 0 aliphatic heterocycles. The zero-order chi connectivity index (χ0) is 15.5. The van der Waals surface area contributed by atoms with Crippen molar-refractivity contribution < 1.29 is 0 Å². The zero-order valence-corrected chi connectivity index (χ0v) is 13.8. The van der Waals surface area contributed by atoms with E-state index in [2.05, 4.69) is 36.0 Å². The summed E-state index contributed by atoms with van der Waals surface area (Å²) in [6.07, 6.45) is 0. The quantitative estimate of drug-likeness (QED) is 0.896. The maximum absolute atomic E-state index is 6.21. The molecule has 0 unspecified atom stereocenters. The Balaban J connectivity index is 2.14. The summed E-state index contributed by atoms with van der Waals surface area (Å²) in [5.41, 5.74) is 1.09. The molecule has 0 bridgehead atoms. The molecule has 1 N–H and O–H groups in total. The molecule has 1 aromatic heterocycles. The molecular weight excluding hydrogens is 282 g/mol. The van der Waals surface area contributed by atoms with Gasteiger partial charge in [-0.1, -0.05) is 35.9 Å². The first kappa shape index (κ1) is 15.6. The molecule has 4 heteroatoms. The number of rotatable bonds is 4. The van der Waals surface area contributed by atoms with Gasteiger partial charge in [0.25, 0.3) is 0 Å². The van der Waals surface area contributed by atoms with Crippen molar-refractivity contribution >= 4 is 23.2 Å². The van der Waals surface area contributed by atoms with Crippen LogP contribution in [0.1, 0.15) is 26.3 Å². The summed E-state index contributed by atoms with van der Waals surface area (Å²) < 4.78 is 0. The second-order valence-electron chi connectivity index (χ2n) is 6.20. The lowest BCUT2D eigenvalue weighted by atomic mass is 10.1. The largest absolute Gasteiger partial charge is 0.365 e. The molecule has 0 amide bonds. The molecule has 0 aliphatic carbocycles. The van der Waals surface area contributed by atoms with E-state index < -0.39 is 0 Å². The predicted molar refractivity (Wildman–Crippen MR) is 91.2 cm³/mol. The highest BCUT2D eigenvalue weighted by molar-refractivity contribution is 6.31. The summed E-state index contributed by atoms with van der Waals surface area (Å²) in [4.78, 5) is 6.75. The highest BCUT2D eigenvalue weighted by Crippen LogP contribution is 2.21. The van der Waals surface area contributed by atoms with Crippen LogP contribution < -0.4 is 10.2 Å². The van der Waals surface area contributed by atoms with Crippen LogP contribution in [0.25, 0.3) is 0 Å². The minimum absolute atomic E-state index is 0.00701. The Kier molecular flexibility index (Phi) is 4.73. The van der Waals surface area contributed by atoms with Crippen molar-refractivity contribution in [2.24, 2.45) is 0 Å². The zero-order valence-electron chi connectivity index (χ0n) is 13.0. The fourth-order valence-corrected chi connectivity index (χ4v) is 2.25. The van der Waals surface area contributed by atoms with Crippen LogP contribution in [-0.2, 0) is 6.54 Å². The molecule has 0 saturated carbocycles. The molecular formula is C17H22ClN3. The summed E-state index contributed by atoms with van der Waals surface area (Å²) in [5, 5.41) is 4.17. The van der Waals surface area contributed by atoms with Gasteiger partial charge in [-0.3, -0.25) is 0 Å². The lowest BCUT2D eigenvalue weighted by Crippen LogP contribution is -2.27. The number of nitrogens with zero attached hydrogens (tertiary/aromatic N) is 2. The van der Waals surface area contributed by atoms with E-state index in [0.717, 1.165) is 28.8 Å². The summed E-state index contributed by atoms with van der Waals surface area (Å²) in [7, 11) is 2.02. The highest BCUT2D eigenvalue weighted by atomic mass is 35.5. The molecule has 0 radical (unpaired) electrons. The van der Waals surface area contributed by atoms with Crippen molar-refractivity contribution in [1.82, 2.24) is 4.98 Å². The molecule has 1 aromatic carbocycles. The third-order valence-corrected chi connectivity index (χ3v) is 3.36. The van der Waals surface area contributed by atoms with E-state index in [-0.39, 0.29) is 5.54 Å². The molecule has 21 heavy (non-hydrogen) atoms. The van der Waals surface area contributed by atoms with Crippen molar-refractivity contribution in [2.45, 2.75) is 32.9 Å². The molecule has 0 spiro atoms. The van der Waals surface area contributed by atoms with Gasteiger partial charge in [0.05, 0.1) is 0 Å². The molecule has 0 atom stereocenters. The van der Waals surface area contributed by atoms with Crippen molar-refractivity contribution in [3.05, 3.63) is 53.1 Å². The second-order valence-corrected chi connectivity index (χ2v) is 6.61. The number of benzene rings is 1. The SMILES string of the molecule is CN(Cc1ccccc1Cl)c1cccc(NC(C)(C)C)n1. The average molecular weight is 304 g/mol. The number of hydrogen-bond acceptors (Lipinski definition) is 3. The van der Waals surface area contributed by atoms with Crippen LogP contribution >= 0.6 is 11.6 Å². The number of hydrogen-bond donors (Lipinski definition) is 1. The minimum atomic E-state index is -0.00701. The Morgan fingerprint density at radius 1 is 1.10 bits per heavy atom. The molecule has 1 heterocycles. The lowest BCUT2D eigenvalue weighted by molar-refractivity contribution is 0.630. The summed E-state index contributed by atoms with van der Waals surface area (Å²) >= 11 is 6.21. The number of aromatic nitrogens is 1.